The number of nitrogens with one attached hydrogen (secondary N) is 1. The first-order valence-electron chi connectivity index (χ1n) is 9.48. The van der Waals surface area contributed by atoms with Crippen molar-refractivity contribution in [2.45, 2.75) is 31.7 Å². The zero-order valence-corrected chi connectivity index (χ0v) is 14.7. The summed E-state index contributed by atoms with van der Waals surface area (Å²) < 4.78 is 5.34. The quantitative estimate of drug-likeness (QED) is 0.930. The molecule has 3 heterocycles. The van der Waals surface area contributed by atoms with Gasteiger partial charge in [-0.1, -0.05) is 24.6 Å². The lowest BCUT2D eigenvalue weighted by atomic mass is 9.99. The SMILES string of the molecule is O=C(CCN1CCCC[C@H]1c1cc2ccccc2[nH]1)N1CCOCC1. The van der Waals surface area contributed by atoms with Gasteiger partial charge in [0.15, 0.2) is 0 Å². The van der Waals surface area contributed by atoms with Crippen LogP contribution in [0.3, 0.4) is 0 Å². The Labute approximate surface area is 148 Å². The van der Waals surface area contributed by atoms with Crippen molar-refractivity contribution in [2.24, 2.45) is 0 Å². The number of morpholine rings is 1. The average Bonchev–Trinajstić information content (AvgIpc) is 3.11. The number of benzene rings is 1. The molecule has 1 N–H and O–H groups in total. The fourth-order valence-electron chi connectivity index (χ4n) is 4.10. The van der Waals surface area contributed by atoms with E-state index in [1.807, 2.05) is 4.90 Å². The molecule has 2 aliphatic rings. The van der Waals surface area contributed by atoms with Crippen molar-refractivity contribution in [1.82, 2.24) is 14.8 Å². The molecule has 134 valence electrons. The number of amides is 1. The number of carbonyl (C=O) groups is 1. The van der Waals surface area contributed by atoms with E-state index >= 15 is 0 Å². The van der Waals surface area contributed by atoms with E-state index in [1.165, 1.54) is 35.9 Å². The first kappa shape index (κ1) is 16.6. The number of hydrogen-bond acceptors (Lipinski definition) is 3. The number of para-hydroxylation sites is 1. The van der Waals surface area contributed by atoms with Gasteiger partial charge in [0.1, 0.15) is 0 Å². The number of nitrogens with zero attached hydrogens (tertiary/aromatic N) is 2. The molecule has 0 spiro atoms. The van der Waals surface area contributed by atoms with Crippen LogP contribution >= 0.6 is 0 Å². The van der Waals surface area contributed by atoms with Crippen LogP contribution < -0.4 is 0 Å². The Morgan fingerprint density at radius 1 is 1.16 bits per heavy atom. The zero-order valence-electron chi connectivity index (χ0n) is 14.7. The van der Waals surface area contributed by atoms with E-state index in [2.05, 4.69) is 40.2 Å². The summed E-state index contributed by atoms with van der Waals surface area (Å²) in [6.45, 7) is 4.75. The van der Waals surface area contributed by atoms with Crippen LogP contribution in [0.25, 0.3) is 10.9 Å². The number of aromatic amines is 1. The van der Waals surface area contributed by atoms with Crippen LogP contribution in [0.5, 0.6) is 0 Å². The monoisotopic (exact) mass is 341 g/mol. The second-order valence-electron chi connectivity index (χ2n) is 7.10. The predicted molar refractivity (Wildman–Crippen MR) is 98.5 cm³/mol. The molecule has 2 fully saturated rings. The third kappa shape index (κ3) is 3.72. The maximum absolute atomic E-state index is 12.5. The molecule has 1 aromatic carbocycles. The van der Waals surface area contributed by atoms with Crippen LogP contribution in [-0.2, 0) is 9.53 Å². The van der Waals surface area contributed by atoms with Gasteiger partial charge in [-0.25, -0.2) is 0 Å². The van der Waals surface area contributed by atoms with Gasteiger partial charge in [0.2, 0.25) is 5.91 Å². The van der Waals surface area contributed by atoms with Crippen LogP contribution in [0.1, 0.15) is 37.4 Å². The number of aromatic nitrogens is 1. The molecule has 0 aliphatic carbocycles. The molecular formula is C20H27N3O2. The molecule has 25 heavy (non-hydrogen) atoms. The van der Waals surface area contributed by atoms with Gasteiger partial charge in [-0.2, -0.15) is 0 Å². The fraction of sp³-hybridized carbons (Fsp3) is 0.550. The highest BCUT2D eigenvalue weighted by Crippen LogP contribution is 2.32. The Bertz CT molecular complexity index is 688. The van der Waals surface area contributed by atoms with E-state index in [1.54, 1.807) is 0 Å². The van der Waals surface area contributed by atoms with E-state index in [-0.39, 0.29) is 5.91 Å². The molecule has 0 bridgehead atoms. The number of likely N-dealkylation sites (tertiary alicyclic amines) is 1. The summed E-state index contributed by atoms with van der Waals surface area (Å²) in [6, 6.07) is 11.1. The summed E-state index contributed by atoms with van der Waals surface area (Å²) in [7, 11) is 0. The van der Waals surface area contributed by atoms with Gasteiger partial charge in [-0.3, -0.25) is 9.69 Å². The number of hydrogen-bond donors (Lipinski definition) is 1. The number of carbonyl (C=O) groups excluding carboxylic acids is 1. The molecule has 5 nitrogen and oxygen atoms in total. The highest BCUT2D eigenvalue weighted by atomic mass is 16.5. The fourth-order valence-corrected chi connectivity index (χ4v) is 4.10. The summed E-state index contributed by atoms with van der Waals surface area (Å²) in [5.41, 5.74) is 2.49. The molecule has 0 radical (unpaired) electrons. The third-order valence-corrected chi connectivity index (χ3v) is 5.50. The Balaban J connectivity index is 1.42. The van der Waals surface area contributed by atoms with Gasteiger partial charge in [-0.05, 0) is 36.9 Å². The van der Waals surface area contributed by atoms with Crippen molar-refractivity contribution in [1.29, 1.82) is 0 Å². The predicted octanol–water partition coefficient (Wildman–Crippen LogP) is 2.94. The van der Waals surface area contributed by atoms with Gasteiger partial charge in [0.25, 0.3) is 0 Å². The summed E-state index contributed by atoms with van der Waals surface area (Å²) in [6.07, 6.45) is 4.26. The summed E-state index contributed by atoms with van der Waals surface area (Å²) in [4.78, 5) is 20.5. The van der Waals surface area contributed by atoms with Gasteiger partial charge >= 0.3 is 0 Å². The smallest absolute Gasteiger partial charge is 0.224 e. The molecule has 1 aromatic heterocycles. The highest BCUT2D eigenvalue weighted by molar-refractivity contribution is 5.80. The molecule has 0 saturated carbocycles. The Morgan fingerprint density at radius 3 is 2.84 bits per heavy atom. The lowest BCUT2D eigenvalue weighted by Crippen LogP contribution is -2.43. The number of H-pyrrole nitrogens is 1. The van der Waals surface area contributed by atoms with Gasteiger partial charge in [0.05, 0.1) is 13.2 Å². The summed E-state index contributed by atoms with van der Waals surface area (Å²) >= 11 is 0. The van der Waals surface area contributed by atoms with Crippen molar-refractivity contribution in [3.8, 4) is 0 Å². The average molecular weight is 341 g/mol. The van der Waals surface area contributed by atoms with Crippen LogP contribution in [0.15, 0.2) is 30.3 Å². The minimum absolute atomic E-state index is 0.268. The molecular weight excluding hydrogens is 314 g/mol. The van der Waals surface area contributed by atoms with Crippen molar-refractivity contribution in [3.05, 3.63) is 36.0 Å². The minimum atomic E-state index is 0.268. The van der Waals surface area contributed by atoms with Crippen LogP contribution in [0.4, 0.5) is 0 Å². The number of piperidine rings is 1. The molecule has 4 rings (SSSR count). The Hall–Kier alpha value is -1.85. The van der Waals surface area contributed by atoms with Crippen LogP contribution in [-0.4, -0.2) is 60.1 Å². The van der Waals surface area contributed by atoms with E-state index in [4.69, 9.17) is 4.74 Å². The van der Waals surface area contributed by atoms with Gasteiger partial charge < -0.3 is 14.6 Å². The summed E-state index contributed by atoms with van der Waals surface area (Å²) in [5, 5.41) is 1.27. The Morgan fingerprint density at radius 2 is 2.00 bits per heavy atom. The standard InChI is InChI=1S/C20H27N3O2/c24-20(23-11-13-25-14-12-23)8-10-22-9-4-3-7-19(22)18-15-16-5-1-2-6-17(16)21-18/h1-2,5-6,15,19,21H,3-4,7-14H2/t19-/m0/s1. The Kier molecular flexibility index (Phi) is 5.04. The van der Waals surface area contributed by atoms with Crippen LogP contribution in [0.2, 0.25) is 0 Å². The van der Waals surface area contributed by atoms with Crippen molar-refractivity contribution in [2.75, 3.05) is 39.4 Å². The molecule has 0 unspecified atom stereocenters. The lowest BCUT2D eigenvalue weighted by molar-refractivity contribution is -0.135. The molecule has 2 aliphatic heterocycles. The maximum atomic E-state index is 12.5. The normalized spacial score (nSPS) is 22.4. The minimum Gasteiger partial charge on any atom is -0.378 e. The maximum Gasteiger partial charge on any atom is 0.224 e. The van der Waals surface area contributed by atoms with E-state index < -0.39 is 0 Å². The number of ether oxygens (including phenoxy) is 1. The topological polar surface area (TPSA) is 48.6 Å². The highest BCUT2D eigenvalue weighted by Gasteiger charge is 2.26. The van der Waals surface area contributed by atoms with Crippen molar-refractivity contribution >= 4 is 16.8 Å². The molecule has 5 heteroatoms. The lowest BCUT2D eigenvalue weighted by Gasteiger charge is -2.36. The second-order valence-corrected chi connectivity index (χ2v) is 7.10. The molecule has 2 aromatic rings. The van der Waals surface area contributed by atoms with Gasteiger partial charge in [0, 0.05) is 43.3 Å². The van der Waals surface area contributed by atoms with E-state index in [9.17, 15) is 4.79 Å². The third-order valence-electron chi connectivity index (χ3n) is 5.50. The van der Waals surface area contributed by atoms with E-state index in [0.29, 0.717) is 25.7 Å². The van der Waals surface area contributed by atoms with Crippen LogP contribution in [0, 0.1) is 0 Å². The molecule has 2 saturated heterocycles. The zero-order chi connectivity index (χ0) is 17.1. The largest absolute Gasteiger partial charge is 0.378 e. The molecule has 1 amide bonds. The summed E-state index contributed by atoms with van der Waals surface area (Å²) in [5.74, 6) is 0.268. The second kappa shape index (κ2) is 7.58. The first-order chi connectivity index (χ1) is 12.3. The van der Waals surface area contributed by atoms with Crippen molar-refractivity contribution in [3.63, 3.8) is 0 Å². The van der Waals surface area contributed by atoms with Crippen molar-refractivity contribution < 1.29 is 9.53 Å². The first-order valence-corrected chi connectivity index (χ1v) is 9.48. The number of rotatable bonds is 4. The molecule has 1 atom stereocenters. The number of fused-ring (bicyclic) bond motifs is 1. The van der Waals surface area contributed by atoms with E-state index in [0.717, 1.165) is 26.2 Å². The van der Waals surface area contributed by atoms with Gasteiger partial charge in [-0.15, -0.1) is 0 Å².